The maximum atomic E-state index is 13.1. The average Bonchev–Trinajstić information content (AvgIpc) is 2.59. The second-order valence-corrected chi connectivity index (χ2v) is 7.98. The molecule has 10 heteroatoms. The fourth-order valence-corrected chi connectivity index (χ4v) is 4.00. The molecule has 0 radical (unpaired) electrons. The summed E-state index contributed by atoms with van der Waals surface area (Å²) in [6, 6.07) is 4.26. The lowest BCUT2D eigenvalue weighted by molar-refractivity contribution is -0.140. The van der Waals surface area contributed by atoms with E-state index in [1.165, 1.54) is 12.1 Å². The Morgan fingerprint density at radius 2 is 1.92 bits per heavy atom. The summed E-state index contributed by atoms with van der Waals surface area (Å²) in [5.41, 5.74) is 0. The molecule has 0 unspecified atom stereocenters. The molecule has 26 heavy (non-hydrogen) atoms. The number of sulfonamides is 1. The molecule has 1 aromatic rings. The molecular weight excluding hydrogens is 365 g/mol. The van der Waals surface area contributed by atoms with Crippen molar-refractivity contribution in [2.24, 2.45) is 0 Å². The Balaban J connectivity index is 2.08. The molecule has 1 aliphatic rings. The molecule has 1 aromatic carbocycles. The van der Waals surface area contributed by atoms with E-state index in [1.807, 2.05) is 0 Å². The number of rotatable bonds is 5. The highest BCUT2D eigenvalue weighted by molar-refractivity contribution is 7.89. The lowest BCUT2D eigenvalue weighted by Crippen LogP contribution is -2.53. The zero-order valence-corrected chi connectivity index (χ0v) is 15.4. The largest absolute Gasteiger partial charge is 0.360 e. The number of nitrogens with zero attached hydrogens (tertiary/aromatic N) is 1. The minimum Gasteiger partial charge on any atom is -0.360 e. The van der Waals surface area contributed by atoms with Crippen molar-refractivity contribution >= 4 is 21.8 Å². The summed E-state index contributed by atoms with van der Waals surface area (Å²) in [6.45, 7) is 3.77. The smallest absolute Gasteiger partial charge is 0.309 e. The van der Waals surface area contributed by atoms with Gasteiger partial charge in [0.25, 0.3) is 0 Å². The van der Waals surface area contributed by atoms with Crippen molar-refractivity contribution < 1.29 is 27.1 Å². The van der Waals surface area contributed by atoms with Crippen LogP contribution in [0.3, 0.4) is 0 Å². The van der Waals surface area contributed by atoms with Gasteiger partial charge in [0.15, 0.2) is 0 Å². The van der Waals surface area contributed by atoms with Crippen LogP contribution in [0.25, 0.3) is 0 Å². The number of amides is 2. The van der Waals surface area contributed by atoms with Crippen molar-refractivity contribution in [1.29, 1.82) is 0 Å². The Bertz CT molecular complexity index is 752. The minimum absolute atomic E-state index is 0.0710. The molecule has 0 aliphatic carbocycles. The molecule has 1 atom stereocenters. The highest BCUT2D eigenvalue weighted by Gasteiger charge is 2.35. The SMILES string of the molecule is CC(C)NC(=O)C(=O)NC[C@@H]1OCCCN1S(=O)(=O)c1ccc(F)cc1. The number of ether oxygens (including phenoxy) is 1. The molecule has 2 rings (SSSR count). The van der Waals surface area contributed by atoms with Crippen LogP contribution < -0.4 is 10.6 Å². The molecule has 1 saturated heterocycles. The fourth-order valence-electron chi connectivity index (χ4n) is 2.43. The minimum atomic E-state index is -3.93. The average molecular weight is 387 g/mol. The van der Waals surface area contributed by atoms with Crippen LogP contribution in [-0.2, 0) is 24.3 Å². The number of benzene rings is 1. The van der Waals surface area contributed by atoms with E-state index in [0.717, 1.165) is 16.4 Å². The number of carbonyl (C=O) groups excluding carboxylic acids is 2. The van der Waals surface area contributed by atoms with Gasteiger partial charge in [-0.05, 0) is 44.5 Å². The predicted octanol–water partition coefficient (Wildman–Crippen LogP) is 0.204. The van der Waals surface area contributed by atoms with Gasteiger partial charge in [-0.25, -0.2) is 12.8 Å². The number of carbonyl (C=O) groups is 2. The second-order valence-electron chi connectivity index (χ2n) is 6.09. The van der Waals surface area contributed by atoms with Crippen LogP contribution in [0.1, 0.15) is 20.3 Å². The molecule has 2 N–H and O–H groups in total. The molecule has 0 saturated carbocycles. The maximum absolute atomic E-state index is 13.1. The Kier molecular flexibility index (Phi) is 6.68. The van der Waals surface area contributed by atoms with Crippen LogP contribution in [0, 0.1) is 5.82 Å². The third kappa shape index (κ3) is 4.99. The van der Waals surface area contributed by atoms with Gasteiger partial charge in [0.05, 0.1) is 18.0 Å². The lowest BCUT2D eigenvalue weighted by atomic mass is 10.3. The Morgan fingerprint density at radius 1 is 1.27 bits per heavy atom. The van der Waals surface area contributed by atoms with Crippen LogP contribution in [0.4, 0.5) is 4.39 Å². The first-order valence-corrected chi connectivity index (χ1v) is 9.63. The topological polar surface area (TPSA) is 105 Å². The quantitative estimate of drug-likeness (QED) is 0.703. The second kappa shape index (κ2) is 8.56. The normalized spacial score (nSPS) is 18.5. The van der Waals surface area contributed by atoms with Crippen LogP contribution in [-0.4, -0.2) is 56.5 Å². The highest BCUT2D eigenvalue weighted by atomic mass is 32.2. The molecule has 8 nitrogen and oxygen atoms in total. The van der Waals surface area contributed by atoms with Gasteiger partial charge in [0, 0.05) is 12.6 Å². The van der Waals surface area contributed by atoms with E-state index in [9.17, 15) is 22.4 Å². The van der Waals surface area contributed by atoms with Gasteiger partial charge in [-0.15, -0.1) is 0 Å². The Labute approximate surface area is 151 Å². The van der Waals surface area contributed by atoms with Crippen molar-refractivity contribution in [3.63, 3.8) is 0 Å². The van der Waals surface area contributed by atoms with Gasteiger partial charge in [-0.2, -0.15) is 4.31 Å². The molecule has 2 amide bonds. The highest BCUT2D eigenvalue weighted by Crippen LogP contribution is 2.22. The van der Waals surface area contributed by atoms with E-state index in [4.69, 9.17) is 4.74 Å². The summed E-state index contributed by atoms with van der Waals surface area (Å²) in [6.07, 6.45) is -0.465. The summed E-state index contributed by atoms with van der Waals surface area (Å²) >= 11 is 0. The number of hydrogen-bond acceptors (Lipinski definition) is 5. The van der Waals surface area contributed by atoms with Gasteiger partial charge < -0.3 is 15.4 Å². The van der Waals surface area contributed by atoms with E-state index in [-0.39, 0.29) is 24.0 Å². The first-order chi connectivity index (χ1) is 12.2. The summed E-state index contributed by atoms with van der Waals surface area (Å²) in [5.74, 6) is -2.21. The van der Waals surface area contributed by atoms with Gasteiger partial charge in [0.1, 0.15) is 12.0 Å². The first kappa shape index (κ1) is 20.3. The number of halogens is 1. The standard InChI is InChI=1S/C16H22FN3O5S/c1-11(2)19-16(22)15(21)18-10-14-20(8-3-9-25-14)26(23,24)13-6-4-12(17)5-7-13/h4-7,11,14H,3,8-10H2,1-2H3,(H,18,21)(H,19,22)/t14-/m0/s1. The lowest BCUT2D eigenvalue weighted by Gasteiger charge is -2.34. The summed E-state index contributed by atoms with van der Waals surface area (Å²) in [5, 5.41) is 4.82. The van der Waals surface area contributed by atoms with Crippen LogP contribution in [0.2, 0.25) is 0 Å². The van der Waals surface area contributed by atoms with Gasteiger partial charge in [0.2, 0.25) is 10.0 Å². The molecule has 0 bridgehead atoms. The Hall–Kier alpha value is -2.04. The maximum Gasteiger partial charge on any atom is 0.309 e. The summed E-state index contributed by atoms with van der Waals surface area (Å²) in [4.78, 5) is 23.4. The van der Waals surface area contributed by atoms with Crippen LogP contribution in [0.15, 0.2) is 29.2 Å². The van der Waals surface area contributed by atoms with E-state index < -0.39 is 33.9 Å². The monoisotopic (exact) mass is 387 g/mol. The van der Waals surface area contributed by atoms with Crippen LogP contribution in [0.5, 0.6) is 0 Å². The first-order valence-electron chi connectivity index (χ1n) is 8.19. The predicted molar refractivity (Wildman–Crippen MR) is 90.9 cm³/mol. The van der Waals surface area contributed by atoms with Gasteiger partial charge in [-0.1, -0.05) is 0 Å². The molecule has 1 aliphatic heterocycles. The number of nitrogens with one attached hydrogen (secondary N) is 2. The van der Waals surface area contributed by atoms with E-state index >= 15 is 0 Å². The molecule has 1 heterocycles. The van der Waals surface area contributed by atoms with E-state index in [2.05, 4.69) is 10.6 Å². The third-order valence-corrected chi connectivity index (χ3v) is 5.54. The molecule has 144 valence electrons. The zero-order chi connectivity index (χ0) is 19.3. The molecule has 0 aromatic heterocycles. The molecule has 0 spiro atoms. The van der Waals surface area contributed by atoms with Gasteiger partial charge in [-0.3, -0.25) is 9.59 Å². The van der Waals surface area contributed by atoms with Gasteiger partial charge >= 0.3 is 11.8 Å². The van der Waals surface area contributed by atoms with Crippen LogP contribution >= 0.6 is 0 Å². The summed E-state index contributed by atoms with van der Waals surface area (Å²) in [7, 11) is -3.93. The van der Waals surface area contributed by atoms with Crippen molar-refractivity contribution in [2.75, 3.05) is 19.7 Å². The molecule has 1 fully saturated rings. The van der Waals surface area contributed by atoms with Crippen molar-refractivity contribution in [1.82, 2.24) is 14.9 Å². The molecular formula is C16H22FN3O5S. The fraction of sp³-hybridized carbons (Fsp3) is 0.500. The van der Waals surface area contributed by atoms with E-state index in [1.54, 1.807) is 13.8 Å². The third-order valence-electron chi connectivity index (χ3n) is 3.64. The van der Waals surface area contributed by atoms with Crippen molar-refractivity contribution in [3.05, 3.63) is 30.1 Å². The number of hydrogen-bond donors (Lipinski definition) is 2. The van der Waals surface area contributed by atoms with Crippen molar-refractivity contribution in [3.8, 4) is 0 Å². The van der Waals surface area contributed by atoms with Crippen molar-refractivity contribution in [2.45, 2.75) is 37.4 Å². The Morgan fingerprint density at radius 3 is 2.54 bits per heavy atom. The zero-order valence-electron chi connectivity index (χ0n) is 14.6. The summed E-state index contributed by atoms with van der Waals surface area (Å²) < 4.78 is 45.1. The van der Waals surface area contributed by atoms with E-state index in [0.29, 0.717) is 13.0 Å².